The number of alkyl halides is 6. The molecule has 112 valence electrons. The number of pyridine rings is 1. The van der Waals surface area contributed by atoms with Crippen molar-refractivity contribution in [2.24, 2.45) is 0 Å². The minimum Gasteiger partial charge on any atom is -0.228 e. The van der Waals surface area contributed by atoms with E-state index in [1.807, 2.05) is 0 Å². The predicted molar refractivity (Wildman–Crippen MR) is 59.6 cm³/mol. The summed E-state index contributed by atoms with van der Waals surface area (Å²) in [6.07, 6.45) is -9.01. The first-order valence-corrected chi connectivity index (χ1v) is 5.50. The highest BCUT2D eigenvalue weighted by atomic mass is 19.4. The van der Waals surface area contributed by atoms with Gasteiger partial charge in [0.05, 0.1) is 5.56 Å². The predicted octanol–water partition coefficient (Wildman–Crippen LogP) is 4.93. The van der Waals surface area contributed by atoms with E-state index in [1.54, 1.807) is 0 Å². The Kier molecular flexibility index (Phi) is 3.65. The molecule has 0 aliphatic rings. The van der Waals surface area contributed by atoms with Gasteiger partial charge in [0, 0.05) is 11.8 Å². The molecule has 0 unspecified atom stereocenters. The molecule has 0 saturated carbocycles. The zero-order valence-corrected chi connectivity index (χ0v) is 10.1. The average Bonchev–Trinajstić information content (AvgIpc) is 2.36. The van der Waals surface area contributed by atoms with Crippen LogP contribution in [0.4, 0.5) is 30.7 Å². The minimum atomic E-state index is -5.07. The number of rotatable bonds is 1. The molecule has 0 N–H and O–H groups in total. The summed E-state index contributed by atoms with van der Waals surface area (Å²) in [5.74, 6) is -1.78. The largest absolute Gasteiger partial charge is 0.421 e. The van der Waals surface area contributed by atoms with E-state index in [-0.39, 0.29) is 0 Å². The van der Waals surface area contributed by atoms with Crippen molar-refractivity contribution >= 4 is 0 Å². The number of aromatic nitrogens is 1. The van der Waals surface area contributed by atoms with Crippen LogP contribution in [0.15, 0.2) is 36.5 Å². The second kappa shape index (κ2) is 5.01. The molecule has 1 heterocycles. The fourth-order valence-corrected chi connectivity index (χ4v) is 1.81. The van der Waals surface area contributed by atoms with Crippen molar-refractivity contribution in [3.8, 4) is 11.1 Å². The van der Waals surface area contributed by atoms with Gasteiger partial charge in [-0.1, -0.05) is 12.1 Å². The summed E-state index contributed by atoms with van der Waals surface area (Å²) in [6.45, 7) is 0. The number of hydrogen-bond donors (Lipinski definition) is 0. The van der Waals surface area contributed by atoms with Crippen molar-refractivity contribution in [2.45, 2.75) is 12.4 Å². The molecule has 2 aromatic rings. The fraction of sp³-hybridized carbons (Fsp3) is 0.154. The molecule has 1 aromatic heterocycles. The van der Waals surface area contributed by atoms with E-state index in [2.05, 4.69) is 4.98 Å². The minimum absolute atomic E-state index is 0.390. The van der Waals surface area contributed by atoms with Crippen LogP contribution in [0.2, 0.25) is 0 Å². The molecule has 0 fully saturated rings. The fourth-order valence-electron chi connectivity index (χ4n) is 1.81. The quantitative estimate of drug-likeness (QED) is 0.538. The van der Waals surface area contributed by atoms with Crippen molar-refractivity contribution in [3.63, 3.8) is 0 Å². The first-order valence-electron chi connectivity index (χ1n) is 5.50. The lowest BCUT2D eigenvalue weighted by Gasteiger charge is -2.14. The molecule has 0 bridgehead atoms. The van der Waals surface area contributed by atoms with Crippen molar-refractivity contribution in [3.05, 3.63) is 53.6 Å². The van der Waals surface area contributed by atoms with Crippen LogP contribution in [0.1, 0.15) is 11.1 Å². The lowest BCUT2D eigenvalue weighted by Crippen LogP contribution is -2.12. The van der Waals surface area contributed by atoms with Gasteiger partial charge < -0.3 is 0 Å². The van der Waals surface area contributed by atoms with Crippen LogP contribution in [-0.4, -0.2) is 4.98 Å². The third-order valence-electron chi connectivity index (χ3n) is 2.69. The third-order valence-corrected chi connectivity index (χ3v) is 2.69. The molecule has 0 saturated heterocycles. The van der Waals surface area contributed by atoms with E-state index in [0.717, 1.165) is 24.4 Å². The standard InChI is InChI=1S/C13H6F7N/c14-11-10(13(18,19)20)9(4-5-21-11)7-2-1-3-8(6-7)12(15,16)17/h1-6H. The van der Waals surface area contributed by atoms with Gasteiger partial charge in [-0.3, -0.25) is 0 Å². The Morgan fingerprint density at radius 2 is 1.52 bits per heavy atom. The lowest BCUT2D eigenvalue weighted by molar-refractivity contribution is -0.140. The van der Waals surface area contributed by atoms with Gasteiger partial charge >= 0.3 is 12.4 Å². The van der Waals surface area contributed by atoms with Crippen LogP contribution in [0.3, 0.4) is 0 Å². The highest BCUT2D eigenvalue weighted by Gasteiger charge is 2.38. The first kappa shape index (κ1) is 15.3. The Hall–Kier alpha value is -2.12. The molecule has 2 rings (SSSR count). The molecule has 0 aliphatic carbocycles. The van der Waals surface area contributed by atoms with Crippen molar-refractivity contribution < 1.29 is 30.7 Å². The molecular formula is C13H6F7N. The zero-order valence-electron chi connectivity index (χ0n) is 10.1. The van der Waals surface area contributed by atoms with Crippen LogP contribution in [0.25, 0.3) is 11.1 Å². The average molecular weight is 309 g/mol. The van der Waals surface area contributed by atoms with Crippen molar-refractivity contribution in [2.75, 3.05) is 0 Å². The summed E-state index contributed by atoms with van der Waals surface area (Å²) < 4.78 is 89.6. The Morgan fingerprint density at radius 1 is 0.857 bits per heavy atom. The molecule has 21 heavy (non-hydrogen) atoms. The molecule has 0 amide bonds. The Morgan fingerprint density at radius 3 is 2.10 bits per heavy atom. The van der Waals surface area contributed by atoms with Gasteiger partial charge in [0.15, 0.2) is 0 Å². The van der Waals surface area contributed by atoms with Crippen LogP contribution in [0.5, 0.6) is 0 Å². The third kappa shape index (κ3) is 3.14. The second-order valence-electron chi connectivity index (χ2n) is 4.10. The maximum atomic E-state index is 13.3. The maximum Gasteiger partial charge on any atom is 0.421 e. The smallest absolute Gasteiger partial charge is 0.228 e. The molecule has 1 aromatic carbocycles. The van der Waals surface area contributed by atoms with Gasteiger partial charge in [-0.2, -0.15) is 30.7 Å². The van der Waals surface area contributed by atoms with Gasteiger partial charge in [-0.25, -0.2) is 4.98 Å². The van der Waals surface area contributed by atoms with Crippen LogP contribution in [-0.2, 0) is 12.4 Å². The van der Waals surface area contributed by atoms with E-state index in [9.17, 15) is 30.7 Å². The number of halogens is 7. The molecule has 0 radical (unpaired) electrons. The van der Waals surface area contributed by atoms with Crippen LogP contribution >= 0.6 is 0 Å². The highest BCUT2D eigenvalue weighted by Crippen LogP contribution is 2.39. The van der Waals surface area contributed by atoms with Crippen molar-refractivity contribution in [1.29, 1.82) is 0 Å². The van der Waals surface area contributed by atoms with E-state index >= 15 is 0 Å². The van der Waals surface area contributed by atoms with E-state index in [1.165, 1.54) is 0 Å². The molecule has 8 heteroatoms. The first-order chi connectivity index (χ1) is 9.60. The van der Waals surface area contributed by atoms with Crippen LogP contribution < -0.4 is 0 Å². The van der Waals surface area contributed by atoms with E-state index in [0.29, 0.717) is 12.1 Å². The van der Waals surface area contributed by atoms with Crippen molar-refractivity contribution in [1.82, 2.24) is 4.98 Å². The second-order valence-corrected chi connectivity index (χ2v) is 4.10. The summed E-state index contributed by atoms with van der Waals surface area (Å²) in [4.78, 5) is 2.89. The number of benzene rings is 1. The van der Waals surface area contributed by atoms with Gasteiger partial charge in [-0.05, 0) is 23.8 Å². The zero-order chi connectivity index (χ0) is 15.8. The van der Waals surface area contributed by atoms with Gasteiger partial charge in [-0.15, -0.1) is 0 Å². The highest BCUT2D eigenvalue weighted by molar-refractivity contribution is 5.68. The molecule has 0 spiro atoms. The monoisotopic (exact) mass is 309 g/mol. The summed E-state index contributed by atoms with van der Waals surface area (Å²) >= 11 is 0. The SMILES string of the molecule is Fc1nccc(-c2cccc(C(F)(F)F)c2)c1C(F)(F)F. The molecule has 0 aliphatic heterocycles. The molecule has 0 atom stereocenters. The topological polar surface area (TPSA) is 12.9 Å². The Bertz CT molecular complexity index is 658. The summed E-state index contributed by atoms with van der Waals surface area (Å²) in [6, 6.07) is 4.07. The van der Waals surface area contributed by atoms with Gasteiger partial charge in [0.2, 0.25) is 5.95 Å². The summed E-state index contributed by atoms with van der Waals surface area (Å²) in [5.41, 5.74) is -3.89. The molecule has 1 nitrogen and oxygen atoms in total. The molecular weight excluding hydrogens is 303 g/mol. The lowest BCUT2D eigenvalue weighted by atomic mass is 9.99. The normalized spacial score (nSPS) is 12.5. The van der Waals surface area contributed by atoms with E-state index < -0.39 is 40.6 Å². The Labute approximate surface area is 114 Å². The maximum absolute atomic E-state index is 13.3. The summed E-state index contributed by atoms with van der Waals surface area (Å²) in [5, 5.41) is 0. The van der Waals surface area contributed by atoms with Crippen LogP contribution in [0, 0.1) is 5.95 Å². The van der Waals surface area contributed by atoms with Gasteiger partial charge in [0.25, 0.3) is 0 Å². The van der Waals surface area contributed by atoms with Gasteiger partial charge in [0.1, 0.15) is 5.56 Å². The van der Waals surface area contributed by atoms with E-state index in [4.69, 9.17) is 0 Å². The summed E-state index contributed by atoms with van der Waals surface area (Å²) in [7, 11) is 0. The number of nitrogens with zero attached hydrogens (tertiary/aromatic N) is 1. The number of hydrogen-bond acceptors (Lipinski definition) is 1. The Balaban J connectivity index is 2.66.